The van der Waals surface area contributed by atoms with Crippen LogP contribution in [0.15, 0.2) is 18.2 Å². The van der Waals surface area contributed by atoms with E-state index in [0.717, 1.165) is 18.4 Å². The zero-order chi connectivity index (χ0) is 10.8. The first kappa shape index (κ1) is 9.96. The van der Waals surface area contributed by atoms with Crippen LogP contribution in [-0.4, -0.2) is 11.5 Å². The van der Waals surface area contributed by atoms with E-state index in [-0.39, 0.29) is 10.6 Å². The van der Waals surface area contributed by atoms with E-state index in [2.05, 4.69) is 0 Å². The lowest BCUT2D eigenvalue weighted by atomic mass is 10.1. The number of nitro benzene ring substituents is 1. The Morgan fingerprint density at radius 2 is 2.27 bits per heavy atom. The Hall–Kier alpha value is -1.58. The lowest BCUT2D eigenvalue weighted by molar-refractivity contribution is -0.385. The van der Waals surface area contributed by atoms with E-state index in [4.69, 9.17) is 4.74 Å². The molecular weight excluding hydrogens is 194 g/mol. The van der Waals surface area contributed by atoms with E-state index < -0.39 is 0 Å². The van der Waals surface area contributed by atoms with Gasteiger partial charge in [0, 0.05) is 5.56 Å². The molecule has 0 aromatic heterocycles. The SMILES string of the molecule is CCOc1ccc(C2CC2)c([N+](=O)[O-])c1. The molecule has 80 valence electrons. The third-order valence-corrected chi connectivity index (χ3v) is 2.53. The van der Waals surface area contributed by atoms with Crippen molar-refractivity contribution < 1.29 is 9.66 Å². The Morgan fingerprint density at radius 1 is 1.53 bits per heavy atom. The van der Waals surface area contributed by atoms with Crippen LogP contribution in [0.25, 0.3) is 0 Å². The van der Waals surface area contributed by atoms with Crippen molar-refractivity contribution in [1.82, 2.24) is 0 Å². The molecular formula is C11H13NO3. The fourth-order valence-electron chi connectivity index (χ4n) is 1.68. The number of nitrogens with zero attached hydrogens (tertiary/aromatic N) is 1. The largest absolute Gasteiger partial charge is 0.494 e. The highest BCUT2D eigenvalue weighted by Gasteiger charge is 2.30. The maximum atomic E-state index is 10.9. The van der Waals surface area contributed by atoms with Gasteiger partial charge in [-0.3, -0.25) is 10.1 Å². The molecule has 0 bridgehead atoms. The molecule has 0 amide bonds. The van der Waals surface area contributed by atoms with Crippen LogP contribution in [0.2, 0.25) is 0 Å². The first-order valence-corrected chi connectivity index (χ1v) is 5.13. The molecule has 0 heterocycles. The van der Waals surface area contributed by atoms with Crippen LogP contribution >= 0.6 is 0 Å². The smallest absolute Gasteiger partial charge is 0.276 e. The highest BCUT2D eigenvalue weighted by Crippen LogP contribution is 2.44. The standard InChI is InChI=1S/C11H13NO3/c1-2-15-9-5-6-10(8-3-4-8)11(7-9)12(13)14/h5-8H,2-4H2,1H3. The van der Waals surface area contributed by atoms with Gasteiger partial charge in [0.25, 0.3) is 5.69 Å². The molecule has 1 aliphatic rings. The molecule has 4 nitrogen and oxygen atoms in total. The van der Waals surface area contributed by atoms with Crippen molar-refractivity contribution in [3.63, 3.8) is 0 Å². The lowest BCUT2D eigenvalue weighted by Gasteiger charge is -2.05. The van der Waals surface area contributed by atoms with Crippen LogP contribution in [-0.2, 0) is 0 Å². The van der Waals surface area contributed by atoms with Gasteiger partial charge >= 0.3 is 0 Å². The summed E-state index contributed by atoms with van der Waals surface area (Å²) in [5.41, 5.74) is 1.05. The first-order valence-electron chi connectivity index (χ1n) is 5.13. The van der Waals surface area contributed by atoms with Gasteiger partial charge in [-0.2, -0.15) is 0 Å². The van der Waals surface area contributed by atoms with Gasteiger partial charge in [-0.15, -0.1) is 0 Å². The normalized spacial score (nSPS) is 15.0. The van der Waals surface area contributed by atoms with Gasteiger partial charge in [0.1, 0.15) is 5.75 Å². The Bertz CT molecular complexity index is 385. The van der Waals surface area contributed by atoms with Crippen LogP contribution in [0.4, 0.5) is 5.69 Å². The van der Waals surface area contributed by atoms with Crippen molar-refractivity contribution in [3.05, 3.63) is 33.9 Å². The fraction of sp³-hybridized carbons (Fsp3) is 0.455. The molecule has 0 aliphatic heterocycles. The van der Waals surface area contributed by atoms with E-state index in [1.165, 1.54) is 6.07 Å². The molecule has 1 fully saturated rings. The number of nitro groups is 1. The fourth-order valence-corrected chi connectivity index (χ4v) is 1.68. The van der Waals surface area contributed by atoms with E-state index in [1.807, 2.05) is 19.1 Å². The molecule has 0 radical (unpaired) electrons. The molecule has 4 heteroatoms. The molecule has 0 saturated heterocycles. The molecule has 1 aromatic carbocycles. The quantitative estimate of drug-likeness (QED) is 0.563. The highest BCUT2D eigenvalue weighted by atomic mass is 16.6. The van der Waals surface area contributed by atoms with Crippen molar-refractivity contribution >= 4 is 5.69 Å². The van der Waals surface area contributed by atoms with Crippen LogP contribution in [0, 0.1) is 10.1 Å². The molecule has 0 atom stereocenters. The van der Waals surface area contributed by atoms with Crippen LogP contribution in [0.1, 0.15) is 31.2 Å². The van der Waals surface area contributed by atoms with Crippen molar-refractivity contribution in [2.24, 2.45) is 0 Å². The molecule has 15 heavy (non-hydrogen) atoms. The van der Waals surface area contributed by atoms with Gasteiger partial charge in [-0.05, 0) is 37.8 Å². The Morgan fingerprint density at radius 3 is 2.80 bits per heavy atom. The second-order valence-corrected chi connectivity index (χ2v) is 3.69. The van der Waals surface area contributed by atoms with Crippen molar-refractivity contribution in [3.8, 4) is 5.75 Å². The Labute approximate surface area is 88.0 Å². The third kappa shape index (κ3) is 2.09. The van der Waals surface area contributed by atoms with Crippen molar-refractivity contribution in [2.75, 3.05) is 6.61 Å². The van der Waals surface area contributed by atoms with Gasteiger partial charge in [0.15, 0.2) is 0 Å². The monoisotopic (exact) mass is 207 g/mol. The summed E-state index contributed by atoms with van der Waals surface area (Å²) in [6, 6.07) is 5.15. The minimum atomic E-state index is -0.323. The van der Waals surface area contributed by atoms with Crippen LogP contribution in [0.3, 0.4) is 0 Å². The average molecular weight is 207 g/mol. The summed E-state index contributed by atoms with van der Waals surface area (Å²) in [6.07, 6.45) is 2.13. The number of hydrogen-bond donors (Lipinski definition) is 0. The van der Waals surface area contributed by atoms with Gasteiger partial charge < -0.3 is 4.74 Å². The van der Waals surface area contributed by atoms with Crippen molar-refractivity contribution in [2.45, 2.75) is 25.7 Å². The summed E-state index contributed by atoms with van der Waals surface area (Å²) in [5.74, 6) is 0.967. The maximum Gasteiger partial charge on any atom is 0.276 e. The van der Waals surface area contributed by atoms with Gasteiger partial charge in [0.05, 0.1) is 17.6 Å². The highest BCUT2D eigenvalue weighted by molar-refractivity contribution is 5.49. The molecule has 1 saturated carbocycles. The number of ether oxygens (including phenoxy) is 1. The van der Waals surface area contributed by atoms with Gasteiger partial charge in [-0.1, -0.05) is 0 Å². The summed E-state index contributed by atoms with van der Waals surface area (Å²) in [5, 5.41) is 10.9. The van der Waals surface area contributed by atoms with E-state index in [1.54, 1.807) is 0 Å². The van der Waals surface area contributed by atoms with Gasteiger partial charge in [-0.25, -0.2) is 0 Å². The van der Waals surface area contributed by atoms with E-state index in [9.17, 15) is 10.1 Å². The maximum absolute atomic E-state index is 10.9. The van der Waals surface area contributed by atoms with Crippen LogP contribution in [0.5, 0.6) is 5.75 Å². The predicted molar refractivity (Wildman–Crippen MR) is 56.2 cm³/mol. The minimum absolute atomic E-state index is 0.198. The average Bonchev–Trinajstić information content (AvgIpc) is 3.01. The first-order chi connectivity index (χ1) is 7.22. The molecule has 0 N–H and O–H groups in total. The molecule has 0 spiro atoms. The number of benzene rings is 1. The van der Waals surface area contributed by atoms with Gasteiger partial charge in [0.2, 0.25) is 0 Å². The van der Waals surface area contributed by atoms with Crippen LogP contribution < -0.4 is 4.74 Å². The summed E-state index contributed by atoms with van der Waals surface area (Å²) in [4.78, 5) is 10.5. The van der Waals surface area contributed by atoms with Crippen molar-refractivity contribution in [1.29, 1.82) is 0 Å². The Kier molecular flexibility index (Phi) is 2.58. The zero-order valence-corrected chi connectivity index (χ0v) is 8.60. The second-order valence-electron chi connectivity index (χ2n) is 3.69. The summed E-state index contributed by atoms with van der Waals surface area (Å²) in [6.45, 7) is 2.39. The summed E-state index contributed by atoms with van der Waals surface area (Å²) >= 11 is 0. The second kappa shape index (κ2) is 3.88. The topological polar surface area (TPSA) is 52.4 Å². The number of hydrogen-bond acceptors (Lipinski definition) is 3. The summed E-state index contributed by atoms with van der Waals surface area (Å²) in [7, 11) is 0. The minimum Gasteiger partial charge on any atom is -0.494 e. The third-order valence-electron chi connectivity index (χ3n) is 2.53. The predicted octanol–water partition coefficient (Wildman–Crippen LogP) is 2.87. The molecule has 2 rings (SSSR count). The lowest BCUT2D eigenvalue weighted by Crippen LogP contribution is -1.97. The zero-order valence-electron chi connectivity index (χ0n) is 8.60. The van der Waals surface area contributed by atoms with E-state index >= 15 is 0 Å². The Balaban J connectivity index is 2.35. The molecule has 1 aliphatic carbocycles. The molecule has 1 aromatic rings. The van der Waals surface area contributed by atoms with E-state index in [0.29, 0.717) is 18.3 Å². The number of rotatable bonds is 4. The summed E-state index contributed by atoms with van der Waals surface area (Å²) < 4.78 is 5.25. The molecule has 0 unspecified atom stereocenters.